The van der Waals surface area contributed by atoms with Gasteiger partial charge in [-0.05, 0) is 36.9 Å². The van der Waals surface area contributed by atoms with Crippen LogP contribution in [-0.4, -0.2) is 42.1 Å². The summed E-state index contributed by atoms with van der Waals surface area (Å²) in [6.07, 6.45) is 2.68. The lowest BCUT2D eigenvalue weighted by atomic mass is 10.3. The van der Waals surface area contributed by atoms with Gasteiger partial charge in [0, 0.05) is 25.7 Å². The van der Waals surface area contributed by atoms with Gasteiger partial charge in [-0.3, -0.25) is 0 Å². The lowest BCUT2D eigenvalue weighted by Crippen LogP contribution is -2.16. The first-order valence-corrected chi connectivity index (χ1v) is 5.82. The van der Waals surface area contributed by atoms with Crippen molar-refractivity contribution in [3.8, 4) is 0 Å². The fraction of sp³-hybridized carbons (Fsp3) is 0.600. The van der Waals surface area contributed by atoms with Crippen molar-refractivity contribution in [3.63, 3.8) is 0 Å². The molecule has 0 unspecified atom stereocenters. The first kappa shape index (κ1) is 12.4. The molecule has 0 amide bonds. The minimum atomic E-state index is 0.864. The van der Waals surface area contributed by atoms with Gasteiger partial charge in [0.25, 0.3) is 0 Å². The largest absolute Gasteiger partial charge is 0.369 e. The van der Waals surface area contributed by atoms with Crippen molar-refractivity contribution >= 4 is 21.7 Å². The van der Waals surface area contributed by atoms with Gasteiger partial charge in [-0.1, -0.05) is 0 Å². The summed E-state index contributed by atoms with van der Waals surface area (Å²) in [5.41, 5.74) is 0. The molecule has 4 nitrogen and oxygen atoms in total. The van der Waals surface area contributed by atoms with E-state index in [9.17, 15) is 0 Å². The maximum Gasteiger partial charge on any atom is 0.144 e. The molecule has 1 rings (SSSR count). The van der Waals surface area contributed by atoms with E-state index in [-0.39, 0.29) is 0 Å². The lowest BCUT2D eigenvalue weighted by Gasteiger charge is -2.10. The van der Waals surface area contributed by atoms with Crippen LogP contribution in [0, 0.1) is 0 Å². The van der Waals surface area contributed by atoms with Crippen molar-refractivity contribution in [1.29, 1.82) is 0 Å². The van der Waals surface area contributed by atoms with E-state index in [1.165, 1.54) is 0 Å². The Labute approximate surface area is 99.2 Å². The SMILES string of the molecule is CCNc1nc(CCN(C)C)ncc1Br. The van der Waals surface area contributed by atoms with Crippen LogP contribution < -0.4 is 5.32 Å². The maximum atomic E-state index is 4.44. The summed E-state index contributed by atoms with van der Waals surface area (Å²) in [7, 11) is 4.09. The second-order valence-electron chi connectivity index (χ2n) is 3.57. The van der Waals surface area contributed by atoms with Gasteiger partial charge in [0.05, 0.1) is 4.47 Å². The molecule has 0 fully saturated rings. The number of halogens is 1. The van der Waals surface area contributed by atoms with E-state index < -0.39 is 0 Å². The number of rotatable bonds is 5. The van der Waals surface area contributed by atoms with E-state index in [2.05, 4.69) is 36.1 Å². The molecule has 0 aliphatic rings. The van der Waals surface area contributed by atoms with E-state index in [4.69, 9.17) is 0 Å². The molecule has 1 aromatic rings. The molecule has 1 N–H and O–H groups in total. The third-order valence-corrected chi connectivity index (χ3v) is 2.50. The second kappa shape index (κ2) is 6.02. The van der Waals surface area contributed by atoms with Gasteiger partial charge in [-0.25, -0.2) is 9.97 Å². The average Bonchev–Trinajstić information content (AvgIpc) is 2.19. The Bertz CT molecular complexity index is 314. The fourth-order valence-corrected chi connectivity index (χ4v) is 1.47. The highest BCUT2D eigenvalue weighted by Crippen LogP contribution is 2.18. The molecule has 0 saturated carbocycles. The number of nitrogens with zero attached hydrogens (tertiary/aromatic N) is 3. The van der Waals surface area contributed by atoms with Crippen LogP contribution in [0.5, 0.6) is 0 Å². The molecule has 0 aliphatic carbocycles. The molecule has 0 atom stereocenters. The van der Waals surface area contributed by atoms with Crippen LogP contribution in [0.2, 0.25) is 0 Å². The van der Waals surface area contributed by atoms with Crippen molar-refractivity contribution < 1.29 is 0 Å². The third-order valence-electron chi connectivity index (χ3n) is 1.92. The van der Waals surface area contributed by atoms with E-state index in [0.29, 0.717) is 0 Å². The molecule has 0 aliphatic heterocycles. The monoisotopic (exact) mass is 272 g/mol. The van der Waals surface area contributed by atoms with Gasteiger partial charge >= 0.3 is 0 Å². The van der Waals surface area contributed by atoms with Crippen LogP contribution in [0.3, 0.4) is 0 Å². The van der Waals surface area contributed by atoms with E-state index in [0.717, 1.165) is 35.6 Å². The normalized spacial score (nSPS) is 10.7. The average molecular weight is 273 g/mol. The van der Waals surface area contributed by atoms with Crippen molar-refractivity contribution in [2.24, 2.45) is 0 Å². The van der Waals surface area contributed by atoms with Gasteiger partial charge < -0.3 is 10.2 Å². The molecule has 0 bridgehead atoms. The van der Waals surface area contributed by atoms with Gasteiger partial charge in [0.1, 0.15) is 11.6 Å². The third kappa shape index (κ3) is 4.13. The topological polar surface area (TPSA) is 41.1 Å². The van der Waals surface area contributed by atoms with Crippen LogP contribution >= 0.6 is 15.9 Å². The summed E-state index contributed by atoms with van der Waals surface area (Å²) in [6.45, 7) is 3.88. The molecular formula is C10H17BrN4. The van der Waals surface area contributed by atoms with Crippen LogP contribution in [0.1, 0.15) is 12.7 Å². The number of hydrogen-bond acceptors (Lipinski definition) is 4. The summed E-state index contributed by atoms with van der Waals surface area (Å²) >= 11 is 3.41. The van der Waals surface area contributed by atoms with Crippen LogP contribution in [0.4, 0.5) is 5.82 Å². The minimum absolute atomic E-state index is 0.864. The lowest BCUT2D eigenvalue weighted by molar-refractivity contribution is 0.409. The zero-order valence-electron chi connectivity index (χ0n) is 9.42. The predicted molar refractivity (Wildman–Crippen MR) is 66.2 cm³/mol. The molecule has 1 aromatic heterocycles. The summed E-state index contributed by atoms with van der Waals surface area (Å²) in [6, 6.07) is 0. The summed E-state index contributed by atoms with van der Waals surface area (Å²) < 4.78 is 0.915. The highest BCUT2D eigenvalue weighted by atomic mass is 79.9. The minimum Gasteiger partial charge on any atom is -0.369 e. The first-order valence-electron chi connectivity index (χ1n) is 5.03. The Balaban J connectivity index is 2.69. The Morgan fingerprint density at radius 2 is 2.20 bits per heavy atom. The number of likely N-dealkylation sites (N-methyl/N-ethyl adjacent to an activating group) is 1. The molecule has 84 valence electrons. The van der Waals surface area contributed by atoms with Gasteiger partial charge in [-0.2, -0.15) is 0 Å². The van der Waals surface area contributed by atoms with Gasteiger partial charge in [-0.15, -0.1) is 0 Å². The zero-order chi connectivity index (χ0) is 11.3. The maximum absolute atomic E-state index is 4.44. The van der Waals surface area contributed by atoms with E-state index >= 15 is 0 Å². The standard InChI is InChI=1S/C10H17BrN4/c1-4-12-10-8(11)7-13-9(14-10)5-6-15(2)3/h7H,4-6H2,1-3H3,(H,12,13,14). The Morgan fingerprint density at radius 1 is 1.47 bits per heavy atom. The summed E-state index contributed by atoms with van der Waals surface area (Å²) in [5, 5.41) is 3.19. The number of nitrogens with one attached hydrogen (secondary N) is 1. The fourth-order valence-electron chi connectivity index (χ4n) is 1.14. The smallest absolute Gasteiger partial charge is 0.144 e. The molecule has 0 radical (unpaired) electrons. The number of anilines is 1. The first-order chi connectivity index (χ1) is 7.13. The van der Waals surface area contributed by atoms with Crippen LogP contribution in [0.25, 0.3) is 0 Å². The molecular weight excluding hydrogens is 256 g/mol. The van der Waals surface area contributed by atoms with Crippen molar-refractivity contribution in [2.75, 3.05) is 32.5 Å². The van der Waals surface area contributed by atoms with Crippen molar-refractivity contribution in [1.82, 2.24) is 14.9 Å². The predicted octanol–water partition coefficient (Wildman–Crippen LogP) is 1.77. The van der Waals surface area contributed by atoms with E-state index in [1.54, 1.807) is 6.20 Å². The van der Waals surface area contributed by atoms with Crippen molar-refractivity contribution in [2.45, 2.75) is 13.3 Å². The number of hydrogen-bond donors (Lipinski definition) is 1. The Kier molecular flexibility index (Phi) is 4.98. The van der Waals surface area contributed by atoms with Crippen LogP contribution in [0.15, 0.2) is 10.7 Å². The molecule has 1 heterocycles. The second-order valence-corrected chi connectivity index (χ2v) is 4.42. The van der Waals surface area contributed by atoms with E-state index in [1.807, 2.05) is 21.0 Å². The molecule has 0 spiro atoms. The quantitative estimate of drug-likeness (QED) is 0.887. The molecule has 5 heteroatoms. The Morgan fingerprint density at radius 3 is 2.80 bits per heavy atom. The molecule has 0 aromatic carbocycles. The highest BCUT2D eigenvalue weighted by Gasteiger charge is 2.04. The Hall–Kier alpha value is -0.680. The summed E-state index contributed by atoms with van der Waals surface area (Å²) in [5.74, 6) is 1.75. The summed E-state index contributed by atoms with van der Waals surface area (Å²) in [4.78, 5) is 10.8. The molecule has 15 heavy (non-hydrogen) atoms. The van der Waals surface area contributed by atoms with Crippen molar-refractivity contribution in [3.05, 3.63) is 16.5 Å². The molecule has 0 saturated heterocycles. The van der Waals surface area contributed by atoms with Gasteiger partial charge in [0.2, 0.25) is 0 Å². The highest BCUT2D eigenvalue weighted by molar-refractivity contribution is 9.10. The van der Waals surface area contributed by atoms with Gasteiger partial charge in [0.15, 0.2) is 0 Å². The number of aromatic nitrogens is 2. The zero-order valence-corrected chi connectivity index (χ0v) is 11.0. The van der Waals surface area contributed by atoms with Crippen LogP contribution in [-0.2, 0) is 6.42 Å².